The number of halogens is 1. The number of carbonyl (C=O) groups excluding carboxylic acids is 1. The van der Waals surface area contributed by atoms with E-state index in [-0.39, 0.29) is 24.5 Å². The van der Waals surface area contributed by atoms with Crippen LogP contribution in [0.5, 0.6) is 0 Å². The molecular weight excluding hydrogens is 420 g/mol. The largest absolute Gasteiger partial charge is 0.351 e. The molecule has 0 spiro atoms. The molecule has 0 aliphatic rings. The number of benzene rings is 3. The zero-order valence-electron chi connectivity index (χ0n) is 16.6. The number of rotatable bonds is 8. The summed E-state index contributed by atoms with van der Waals surface area (Å²) in [5, 5.41) is 3.31. The van der Waals surface area contributed by atoms with Crippen LogP contribution >= 0.6 is 11.6 Å². The van der Waals surface area contributed by atoms with Crippen molar-refractivity contribution in [1.29, 1.82) is 0 Å². The second-order valence-corrected chi connectivity index (χ2v) is 9.29. The fraction of sp³-hybridized carbons (Fsp3) is 0.174. The predicted octanol–water partition coefficient (Wildman–Crippen LogP) is 4.16. The molecule has 0 saturated carbocycles. The molecular formula is C23H23ClN2O3S. The van der Waals surface area contributed by atoms with Gasteiger partial charge in [0.15, 0.2) is 0 Å². The number of amides is 1. The van der Waals surface area contributed by atoms with Crippen molar-refractivity contribution in [2.24, 2.45) is 0 Å². The molecule has 3 aromatic carbocycles. The van der Waals surface area contributed by atoms with E-state index in [0.29, 0.717) is 5.02 Å². The van der Waals surface area contributed by atoms with Gasteiger partial charge in [0.25, 0.3) is 0 Å². The summed E-state index contributed by atoms with van der Waals surface area (Å²) in [6.45, 7) is 1.91. The molecule has 0 unspecified atom stereocenters. The van der Waals surface area contributed by atoms with Crippen molar-refractivity contribution in [1.82, 2.24) is 9.62 Å². The van der Waals surface area contributed by atoms with E-state index in [1.807, 2.05) is 55.5 Å². The van der Waals surface area contributed by atoms with Crippen molar-refractivity contribution in [2.45, 2.75) is 24.9 Å². The first-order chi connectivity index (χ1) is 14.4. The van der Waals surface area contributed by atoms with Crippen LogP contribution in [0, 0.1) is 6.92 Å². The first-order valence-electron chi connectivity index (χ1n) is 9.47. The van der Waals surface area contributed by atoms with E-state index in [1.165, 1.54) is 4.31 Å². The van der Waals surface area contributed by atoms with Gasteiger partial charge in [-0.2, -0.15) is 4.31 Å². The molecule has 5 nitrogen and oxygen atoms in total. The van der Waals surface area contributed by atoms with E-state index in [9.17, 15) is 13.2 Å². The topological polar surface area (TPSA) is 66.5 Å². The van der Waals surface area contributed by atoms with Gasteiger partial charge in [-0.1, -0.05) is 77.8 Å². The Morgan fingerprint density at radius 3 is 2.23 bits per heavy atom. The number of nitrogens with zero attached hydrogens (tertiary/aromatic N) is 1. The molecule has 3 aromatic rings. The lowest BCUT2D eigenvalue weighted by atomic mass is 10.2. The maximum atomic E-state index is 13.2. The van der Waals surface area contributed by atoms with E-state index in [1.54, 1.807) is 30.3 Å². The second kappa shape index (κ2) is 9.89. The number of carbonyl (C=O) groups is 1. The first-order valence-corrected chi connectivity index (χ1v) is 11.3. The smallest absolute Gasteiger partial charge is 0.243 e. The van der Waals surface area contributed by atoms with E-state index in [4.69, 9.17) is 11.6 Å². The SMILES string of the molecule is Cc1ccc(S(=O)(=O)N(CC(=O)NCc2ccccc2Cl)Cc2ccccc2)cc1. The molecule has 0 aliphatic carbocycles. The van der Waals surface area contributed by atoms with Gasteiger partial charge < -0.3 is 5.32 Å². The van der Waals surface area contributed by atoms with E-state index in [0.717, 1.165) is 16.7 Å². The number of sulfonamides is 1. The van der Waals surface area contributed by atoms with Crippen molar-refractivity contribution >= 4 is 27.5 Å². The van der Waals surface area contributed by atoms with Gasteiger partial charge in [-0.25, -0.2) is 8.42 Å². The Kier molecular flexibility index (Phi) is 7.26. The fourth-order valence-corrected chi connectivity index (χ4v) is 4.51. The van der Waals surface area contributed by atoms with Gasteiger partial charge in [-0.15, -0.1) is 0 Å². The second-order valence-electron chi connectivity index (χ2n) is 6.94. The minimum absolute atomic E-state index is 0.0938. The first kappa shape index (κ1) is 22.0. The monoisotopic (exact) mass is 442 g/mol. The molecule has 0 saturated heterocycles. The molecule has 0 radical (unpaired) electrons. The van der Waals surface area contributed by atoms with Crippen molar-refractivity contribution in [2.75, 3.05) is 6.54 Å². The van der Waals surface area contributed by atoms with Crippen LogP contribution in [0.3, 0.4) is 0 Å². The van der Waals surface area contributed by atoms with E-state index in [2.05, 4.69) is 5.32 Å². The number of hydrogen-bond donors (Lipinski definition) is 1. The van der Waals surface area contributed by atoms with Crippen molar-refractivity contribution in [3.8, 4) is 0 Å². The summed E-state index contributed by atoms with van der Waals surface area (Å²) < 4.78 is 27.7. The summed E-state index contributed by atoms with van der Waals surface area (Å²) in [7, 11) is -3.86. The summed E-state index contributed by atoms with van der Waals surface area (Å²) in [4.78, 5) is 12.8. The molecule has 1 amide bonds. The van der Waals surface area contributed by atoms with Crippen LogP contribution in [0.1, 0.15) is 16.7 Å². The quantitative estimate of drug-likeness (QED) is 0.569. The van der Waals surface area contributed by atoms with Gasteiger partial charge in [-0.3, -0.25) is 4.79 Å². The zero-order chi connectivity index (χ0) is 21.6. The Morgan fingerprint density at radius 2 is 1.57 bits per heavy atom. The molecule has 156 valence electrons. The fourth-order valence-electron chi connectivity index (χ4n) is 2.92. The van der Waals surface area contributed by atoms with Crippen LogP contribution in [0.4, 0.5) is 0 Å². The highest BCUT2D eigenvalue weighted by molar-refractivity contribution is 7.89. The summed E-state index contributed by atoms with van der Waals surface area (Å²) in [6, 6.07) is 23.0. The number of nitrogens with one attached hydrogen (secondary N) is 1. The molecule has 0 atom stereocenters. The molecule has 0 aromatic heterocycles. The summed E-state index contributed by atoms with van der Waals surface area (Å²) in [6.07, 6.45) is 0. The van der Waals surface area contributed by atoms with Crippen LogP contribution in [0.25, 0.3) is 0 Å². The van der Waals surface area contributed by atoms with E-state index < -0.39 is 15.9 Å². The highest BCUT2D eigenvalue weighted by Crippen LogP contribution is 2.19. The Labute approximate surface area is 182 Å². The Hall–Kier alpha value is -2.67. The van der Waals surface area contributed by atoms with Gasteiger partial charge in [-0.05, 0) is 36.2 Å². The Morgan fingerprint density at radius 1 is 0.933 bits per heavy atom. The molecule has 7 heteroatoms. The summed E-state index contributed by atoms with van der Waals surface area (Å²) in [5.41, 5.74) is 2.52. The summed E-state index contributed by atoms with van der Waals surface area (Å²) in [5.74, 6) is -0.401. The minimum Gasteiger partial charge on any atom is -0.351 e. The van der Waals surface area contributed by atoms with Crippen LogP contribution in [-0.4, -0.2) is 25.2 Å². The van der Waals surface area contributed by atoms with Gasteiger partial charge in [0, 0.05) is 18.1 Å². The third kappa shape index (κ3) is 5.69. The van der Waals surface area contributed by atoms with Gasteiger partial charge >= 0.3 is 0 Å². The molecule has 1 N–H and O–H groups in total. The Balaban J connectivity index is 1.79. The maximum Gasteiger partial charge on any atom is 0.243 e. The molecule has 0 fully saturated rings. The summed E-state index contributed by atoms with van der Waals surface area (Å²) >= 11 is 6.13. The van der Waals surface area contributed by atoms with Crippen molar-refractivity contribution < 1.29 is 13.2 Å². The lowest BCUT2D eigenvalue weighted by Gasteiger charge is -2.22. The number of aryl methyl sites for hydroxylation is 1. The molecule has 30 heavy (non-hydrogen) atoms. The lowest BCUT2D eigenvalue weighted by molar-refractivity contribution is -0.121. The van der Waals surface area contributed by atoms with Crippen LogP contribution < -0.4 is 5.32 Å². The third-order valence-electron chi connectivity index (χ3n) is 4.61. The highest BCUT2D eigenvalue weighted by Gasteiger charge is 2.26. The molecule has 0 heterocycles. The minimum atomic E-state index is -3.86. The van der Waals surface area contributed by atoms with Crippen LogP contribution in [0.15, 0.2) is 83.8 Å². The zero-order valence-corrected chi connectivity index (χ0v) is 18.2. The van der Waals surface area contributed by atoms with Crippen molar-refractivity contribution in [3.05, 3.63) is 101 Å². The van der Waals surface area contributed by atoms with Crippen molar-refractivity contribution in [3.63, 3.8) is 0 Å². The molecule has 0 bridgehead atoms. The van der Waals surface area contributed by atoms with Crippen LogP contribution in [-0.2, 0) is 27.9 Å². The molecule has 0 aliphatic heterocycles. The molecule has 3 rings (SSSR count). The van der Waals surface area contributed by atoms with Crippen LogP contribution in [0.2, 0.25) is 5.02 Å². The normalized spacial score (nSPS) is 11.4. The lowest BCUT2D eigenvalue weighted by Crippen LogP contribution is -2.40. The maximum absolute atomic E-state index is 13.2. The van der Waals surface area contributed by atoms with E-state index >= 15 is 0 Å². The average Bonchev–Trinajstić information content (AvgIpc) is 2.74. The Bertz CT molecular complexity index is 1100. The average molecular weight is 443 g/mol. The van der Waals surface area contributed by atoms with Gasteiger partial charge in [0.2, 0.25) is 15.9 Å². The van der Waals surface area contributed by atoms with Gasteiger partial charge in [0.05, 0.1) is 11.4 Å². The van der Waals surface area contributed by atoms with Gasteiger partial charge in [0.1, 0.15) is 0 Å². The third-order valence-corrected chi connectivity index (χ3v) is 6.79. The standard InChI is InChI=1S/C23H23ClN2O3S/c1-18-11-13-21(14-12-18)30(28,29)26(16-19-7-3-2-4-8-19)17-23(27)25-15-20-9-5-6-10-22(20)24/h2-14H,15-17H2,1H3,(H,25,27). The highest BCUT2D eigenvalue weighted by atomic mass is 35.5. The number of hydrogen-bond acceptors (Lipinski definition) is 3. The predicted molar refractivity (Wildman–Crippen MR) is 119 cm³/mol.